The molecule has 0 bridgehead atoms. The zero-order valence-corrected chi connectivity index (χ0v) is 14.6. The number of carbonyl (C=O) groups excluding carboxylic acids is 2. The van der Waals surface area contributed by atoms with Crippen LogP contribution in [0.3, 0.4) is 0 Å². The molecule has 2 saturated heterocycles. The zero-order chi connectivity index (χ0) is 17.0. The number of piperidine rings is 1. The highest BCUT2D eigenvalue weighted by molar-refractivity contribution is 7.99. The lowest BCUT2D eigenvalue weighted by atomic mass is 9.94. The Morgan fingerprint density at radius 2 is 1.96 bits per heavy atom. The van der Waals surface area contributed by atoms with Crippen LogP contribution in [0.5, 0.6) is 0 Å². The van der Waals surface area contributed by atoms with Crippen molar-refractivity contribution in [1.29, 1.82) is 0 Å². The SMILES string of the molecule is O=C(NC[C@@]1(O)CCSC1)C1CCN(C(=O)c2ccccc2)CC1. The molecule has 2 heterocycles. The highest BCUT2D eigenvalue weighted by Gasteiger charge is 2.33. The molecule has 0 spiro atoms. The number of likely N-dealkylation sites (tertiary alicyclic amines) is 1. The summed E-state index contributed by atoms with van der Waals surface area (Å²) in [6.45, 7) is 1.54. The van der Waals surface area contributed by atoms with Crippen LogP contribution in [-0.2, 0) is 4.79 Å². The lowest BCUT2D eigenvalue weighted by Crippen LogP contribution is -2.47. The molecule has 0 radical (unpaired) electrons. The maximum absolute atomic E-state index is 12.4. The van der Waals surface area contributed by atoms with Gasteiger partial charge in [-0.25, -0.2) is 0 Å². The molecule has 2 N–H and O–H groups in total. The Kier molecular flexibility index (Phi) is 5.46. The molecule has 2 amide bonds. The second kappa shape index (κ2) is 7.57. The van der Waals surface area contributed by atoms with Gasteiger partial charge in [-0.3, -0.25) is 9.59 Å². The first-order valence-corrected chi connectivity index (χ1v) is 9.65. The Bertz CT molecular complexity index is 579. The van der Waals surface area contributed by atoms with Crippen LogP contribution in [0, 0.1) is 5.92 Å². The van der Waals surface area contributed by atoms with Gasteiger partial charge in [-0.05, 0) is 37.1 Å². The molecule has 0 aromatic heterocycles. The van der Waals surface area contributed by atoms with Gasteiger partial charge in [0.15, 0.2) is 0 Å². The Labute approximate surface area is 146 Å². The predicted molar refractivity (Wildman–Crippen MR) is 95.0 cm³/mol. The first-order valence-electron chi connectivity index (χ1n) is 8.50. The number of carbonyl (C=O) groups is 2. The number of benzene rings is 1. The fourth-order valence-electron chi connectivity index (χ4n) is 3.24. The Hall–Kier alpha value is -1.53. The molecule has 1 aromatic carbocycles. The van der Waals surface area contributed by atoms with Crippen LogP contribution in [0.2, 0.25) is 0 Å². The number of thioether (sulfide) groups is 1. The largest absolute Gasteiger partial charge is 0.387 e. The van der Waals surface area contributed by atoms with Gasteiger partial charge in [-0.1, -0.05) is 18.2 Å². The van der Waals surface area contributed by atoms with E-state index < -0.39 is 5.60 Å². The summed E-state index contributed by atoms with van der Waals surface area (Å²) in [6, 6.07) is 9.26. The predicted octanol–water partition coefficient (Wildman–Crippen LogP) is 1.52. The van der Waals surface area contributed by atoms with Crippen LogP contribution in [0.15, 0.2) is 30.3 Å². The standard InChI is InChI=1S/C18H24N2O3S/c21-16(19-12-18(23)8-11-24-13-18)14-6-9-20(10-7-14)17(22)15-4-2-1-3-5-15/h1-5,14,23H,6-13H2,(H,19,21)/t18-/m0/s1. The fraction of sp³-hybridized carbons (Fsp3) is 0.556. The Morgan fingerprint density at radius 1 is 1.25 bits per heavy atom. The van der Waals surface area contributed by atoms with E-state index in [1.54, 1.807) is 11.8 Å². The van der Waals surface area contributed by atoms with E-state index in [9.17, 15) is 14.7 Å². The molecule has 130 valence electrons. The summed E-state index contributed by atoms with van der Waals surface area (Å²) in [4.78, 5) is 26.5. The molecule has 5 nitrogen and oxygen atoms in total. The van der Waals surface area contributed by atoms with E-state index in [0.717, 1.165) is 12.2 Å². The van der Waals surface area contributed by atoms with Gasteiger partial charge in [0, 0.05) is 36.9 Å². The quantitative estimate of drug-likeness (QED) is 0.866. The van der Waals surface area contributed by atoms with E-state index >= 15 is 0 Å². The molecule has 6 heteroatoms. The van der Waals surface area contributed by atoms with E-state index in [4.69, 9.17) is 0 Å². The summed E-state index contributed by atoms with van der Waals surface area (Å²) in [7, 11) is 0. The van der Waals surface area contributed by atoms with Crippen LogP contribution >= 0.6 is 11.8 Å². The lowest BCUT2D eigenvalue weighted by Gasteiger charge is -2.32. The van der Waals surface area contributed by atoms with Gasteiger partial charge >= 0.3 is 0 Å². The Balaban J connectivity index is 1.46. The number of nitrogens with zero attached hydrogens (tertiary/aromatic N) is 1. The summed E-state index contributed by atoms with van der Waals surface area (Å²) >= 11 is 1.72. The molecule has 2 aliphatic rings. The number of amides is 2. The summed E-state index contributed by atoms with van der Waals surface area (Å²) in [5, 5.41) is 13.2. The van der Waals surface area contributed by atoms with Gasteiger partial charge < -0.3 is 15.3 Å². The van der Waals surface area contributed by atoms with Crippen molar-refractivity contribution in [2.45, 2.75) is 24.9 Å². The van der Waals surface area contributed by atoms with Crippen LogP contribution in [0.1, 0.15) is 29.6 Å². The van der Waals surface area contributed by atoms with Crippen molar-refractivity contribution in [3.63, 3.8) is 0 Å². The van der Waals surface area contributed by atoms with Gasteiger partial charge in [0.25, 0.3) is 5.91 Å². The van der Waals surface area contributed by atoms with Crippen molar-refractivity contribution in [3.05, 3.63) is 35.9 Å². The van der Waals surface area contributed by atoms with Crippen LogP contribution < -0.4 is 5.32 Å². The maximum atomic E-state index is 12.4. The van der Waals surface area contributed by atoms with Gasteiger partial charge in [0.1, 0.15) is 0 Å². The van der Waals surface area contributed by atoms with Crippen molar-refractivity contribution in [3.8, 4) is 0 Å². The van der Waals surface area contributed by atoms with Crippen molar-refractivity contribution in [2.75, 3.05) is 31.1 Å². The second-order valence-electron chi connectivity index (χ2n) is 6.68. The number of aliphatic hydroxyl groups is 1. The smallest absolute Gasteiger partial charge is 0.253 e. The summed E-state index contributed by atoms with van der Waals surface area (Å²) in [6.07, 6.45) is 2.09. The first-order chi connectivity index (χ1) is 11.6. The van der Waals surface area contributed by atoms with Crippen molar-refractivity contribution < 1.29 is 14.7 Å². The first kappa shape index (κ1) is 17.3. The number of hydrogen-bond donors (Lipinski definition) is 2. The molecule has 3 rings (SSSR count). The third-order valence-corrected chi connectivity index (χ3v) is 6.08. The number of nitrogens with one attached hydrogen (secondary N) is 1. The average molecular weight is 348 g/mol. The van der Waals surface area contributed by atoms with Gasteiger partial charge in [-0.2, -0.15) is 11.8 Å². The zero-order valence-electron chi connectivity index (χ0n) is 13.7. The van der Waals surface area contributed by atoms with E-state index in [0.29, 0.717) is 43.8 Å². The minimum Gasteiger partial charge on any atom is -0.387 e. The van der Waals surface area contributed by atoms with E-state index in [1.165, 1.54) is 0 Å². The molecular formula is C18H24N2O3S. The third kappa shape index (κ3) is 4.11. The van der Waals surface area contributed by atoms with Gasteiger partial charge in [0.05, 0.1) is 5.60 Å². The van der Waals surface area contributed by atoms with E-state index in [2.05, 4.69) is 5.32 Å². The van der Waals surface area contributed by atoms with Crippen LogP contribution in [0.25, 0.3) is 0 Å². The molecule has 0 unspecified atom stereocenters. The molecule has 2 fully saturated rings. The van der Waals surface area contributed by atoms with Crippen molar-refractivity contribution in [2.24, 2.45) is 5.92 Å². The highest BCUT2D eigenvalue weighted by atomic mass is 32.2. The van der Waals surface area contributed by atoms with E-state index in [1.807, 2.05) is 35.2 Å². The lowest BCUT2D eigenvalue weighted by molar-refractivity contribution is -0.127. The van der Waals surface area contributed by atoms with Gasteiger partial charge in [-0.15, -0.1) is 0 Å². The molecule has 0 aliphatic carbocycles. The minimum absolute atomic E-state index is 0.00661. The van der Waals surface area contributed by atoms with Crippen molar-refractivity contribution >= 4 is 23.6 Å². The third-order valence-electron chi connectivity index (χ3n) is 4.85. The Morgan fingerprint density at radius 3 is 2.58 bits per heavy atom. The second-order valence-corrected chi connectivity index (χ2v) is 7.78. The van der Waals surface area contributed by atoms with Gasteiger partial charge in [0.2, 0.25) is 5.91 Å². The monoisotopic (exact) mass is 348 g/mol. The van der Waals surface area contributed by atoms with Crippen LogP contribution in [-0.4, -0.2) is 58.6 Å². The molecular weight excluding hydrogens is 324 g/mol. The van der Waals surface area contributed by atoms with Crippen LogP contribution in [0.4, 0.5) is 0 Å². The molecule has 0 saturated carbocycles. The fourth-order valence-corrected chi connectivity index (χ4v) is 4.53. The number of rotatable bonds is 4. The maximum Gasteiger partial charge on any atom is 0.253 e. The van der Waals surface area contributed by atoms with E-state index in [-0.39, 0.29) is 17.7 Å². The summed E-state index contributed by atoms with van der Waals surface area (Å²) in [5.74, 6) is 1.62. The highest BCUT2D eigenvalue weighted by Crippen LogP contribution is 2.27. The normalized spacial score (nSPS) is 24.8. The average Bonchev–Trinajstić information content (AvgIpc) is 3.07. The number of hydrogen-bond acceptors (Lipinski definition) is 4. The molecule has 24 heavy (non-hydrogen) atoms. The minimum atomic E-state index is -0.746. The van der Waals surface area contributed by atoms with Crippen molar-refractivity contribution in [1.82, 2.24) is 10.2 Å². The molecule has 1 atom stereocenters. The summed E-state index contributed by atoms with van der Waals surface area (Å²) in [5.41, 5.74) is -0.0500. The molecule has 1 aromatic rings. The molecule has 2 aliphatic heterocycles. The topological polar surface area (TPSA) is 69.6 Å². The summed E-state index contributed by atoms with van der Waals surface area (Å²) < 4.78 is 0.